The third-order valence-electron chi connectivity index (χ3n) is 1.77. The minimum atomic E-state index is 1.09. The summed E-state index contributed by atoms with van der Waals surface area (Å²) in [6.45, 7) is 10.2. The normalized spacial score (nSPS) is 12.2. The first kappa shape index (κ1) is 9.48. The minimum absolute atomic E-state index is 1.09. The second kappa shape index (κ2) is 5.28. The van der Waals surface area contributed by atoms with E-state index in [0.29, 0.717) is 0 Å². The molecular formula is C10H17. The topological polar surface area (TPSA) is 0 Å². The van der Waals surface area contributed by atoms with Gasteiger partial charge in [0.2, 0.25) is 0 Å². The molecule has 0 aromatic carbocycles. The van der Waals surface area contributed by atoms with E-state index in [4.69, 9.17) is 0 Å². The molecular weight excluding hydrogens is 120 g/mol. The molecule has 0 fully saturated rings. The van der Waals surface area contributed by atoms with Gasteiger partial charge in [0.15, 0.2) is 0 Å². The molecule has 0 saturated carbocycles. The van der Waals surface area contributed by atoms with Crippen LogP contribution >= 0.6 is 0 Å². The van der Waals surface area contributed by atoms with Crippen molar-refractivity contribution in [1.29, 1.82) is 0 Å². The summed E-state index contributed by atoms with van der Waals surface area (Å²) in [4.78, 5) is 0. The number of hydrogen-bond acceptors (Lipinski definition) is 0. The standard InChI is InChI=1S/C10H17/c1-5-9(6-2)10(7-3)8-4/h5,7H,1,6,8H2,2-4H3. The summed E-state index contributed by atoms with van der Waals surface area (Å²) in [5.74, 6) is 1.38. The molecule has 0 aromatic rings. The SMILES string of the molecule is C=C[C](CC)C(=CC)CC. The molecule has 1 radical (unpaired) electrons. The Morgan fingerprint density at radius 3 is 2.00 bits per heavy atom. The molecule has 57 valence electrons. The highest BCUT2D eigenvalue weighted by atomic mass is 14.1. The van der Waals surface area contributed by atoms with Crippen molar-refractivity contribution in [2.45, 2.75) is 33.6 Å². The van der Waals surface area contributed by atoms with Gasteiger partial charge in [0.1, 0.15) is 0 Å². The summed E-state index contributed by atoms with van der Waals surface area (Å²) >= 11 is 0. The molecule has 0 rings (SSSR count). The van der Waals surface area contributed by atoms with Gasteiger partial charge in [-0.25, -0.2) is 0 Å². The van der Waals surface area contributed by atoms with Crippen LogP contribution in [-0.4, -0.2) is 0 Å². The zero-order valence-electron chi connectivity index (χ0n) is 7.28. The molecule has 0 N–H and O–H groups in total. The first-order valence-corrected chi connectivity index (χ1v) is 3.93. The van der Waals surface area contributed by atoms with Crippen LogP contribution < -0.4 is 0 Å². The van der Waals surface area contributed by atoms with E-state index >= 15 is 0 Å². The van der Waals surface area contributed by atoms with Crippen molar-refractivity contribution in [3.8, 4) is 0 Å². The molecule has 0 heteroatoms. The lowest BCUT2D eigenvalue weighted by Gasteiger charge is -2.10. The molecule has 0 atom stereocenters. The van der Waals surface area contributed by atoms with E-state index < -0.39 is 0 Å². The largest absolute Gasteiger partial charge is 0.102 e. The van der Waals surface area contributed by atoms with Crippen LogP contribution in [-0.2, 0) is 0 Å². The first-order chi connectivity index (χ1) is 4.79. The van der Waals surface area contributed by atoms with E-state index in [9.17, 15) is 0 Å². The molecule has 0 aliphatic rings. The summed E-state index contributed by atoms with van der Waals surface area (Å²) in [6.07, 6.45) is 6.34. The maximum absolute atomic E-state index is 3.77. The Morgan fingerprint density at radius 1 is 1.30 bits per heavy atom. The quantitative estimate of drug-likeness (QED) is 0.556. The number of allylic oxidation sites excluding steroid dienone is 3. The summed E-state index contributed by atoms with van der Waals surface area (Å²) in [7, 11) is 0. The van der Waals surface area contributed by atoms with Crippen LogP contribution in [0, 0.1) is 5.92 Å². The second-order valence-corrected chi connectivity index (χ2v) is 2.25. The van der Waals surface area contributed by atoms with Crippen molar-refractivity contribution >= 4 is 0 Å². The smallest absolute Gasteiger partial charge is 0.0213 e. The molecule has 0 nitrogen and oxygen atoms in total. The van der Waals surface area contributed by atoms with Crippen molar-refractivity contribution in [1.82, 2.24) is 0 Å². The third-order valence-corrected chi connectivity index (χ3v) is 1.77. The van der Waals surface area contributed by atoms with Gasteiger partial charge in [-0.2, -0.15) is 0 Å². The summed E-state index contributed by atoms with van der Waals surface area (Å²) in [5, 5.41) is 0. The maximum Gasteiger partial charge on any atom is 0.0213 e. The highest BCUT2D eigenvalue weighted by molar-refractivity contribution is 5.30. The Kier molecular flexibility index (Phi) is 5.00. The van der Waals surface area contributed by atoms with Crippen molar-refractivity contribution in [2.75, 3.05) is 0 Å². The average molecular weight is 137 g/mol. The van der Waals surface area contributed by atoms with Crippen LogP contribution in [0.3, 0.4) is 0 Å². The van der Waals surface area contributed by atoms with E-state index in [1.165, 1.54) is 11.5 Å². The molecule has 0 saturated heterocycles. The Bertz CT molecular complexity index is 120. The van der Waals surface area contributed by atoms with Crippen LogP contribution in [0.5, 0.6) is 0 Å². The van der Waals surface area contributed by atoms with Gasteiger partial charge in [0, 0.05) is 5.92 Å². The van der Waals surface area contributed by atoms with Gasteiger partial charge in [-0.1, -0.05) is 31.6 Å². The highest BCUT2D eigenvalue weighted by Gasteiger charge is 2.04. The highest BCUT2D eigenvalue weighted by Crippen LogP contribution is 2.20. The first-order valence-electron chi connectivity index (χ1n) is 3.93. The lowest BCUT2D eigenvalue weighted by molar-refractivity contribution is 0.938. The Morgan fingerprint density at radius 2 is 1.90 bits per heavy atom. The average Bonchev–Trinajstić information content (AvgIpc) is 2.00. The number of hydrogen-bond donors (Lipinski definition) is 0. The monoisotopic (exact) mass is 137 g/mol. The predicted octanol–water partition coefficient (Wildman–Crippen LogP) is 3.51. The molecule has 0 heterocycles. The van der Waals surface area contributed by atoms with Crippen LogP contribution in [0.25, 0.3) is 0 Å². The Labute approximate surface area is 64.6 Å². The third kappa shape index (κ3) is 2.38. The molecule has 0 bridgehead atoms. The van der Waals surface area contributed by atoms with Crippen molar-refractivity contribution in [3.05, 3.63) is 30.2 Å². The molecule has 0 aromatic heterocycles. The minimum Gasteiger partial charge on any atom is -0.102 e. The van der Waals surface area contributed by atoms with E-state index in [1.807, 2.05) is 6.08 Å². The maximum atomic E-state index is 3.77. The van der Waals surface area contributed by atoms with Gasteiger partial charge in [-0.05, 0) is 19.8 Å². The molecule has 0 unspecified atom stereocenters. The Balaban J connectivity index is 4.10. The van der Waals surface area contributed by atoms with Crippen molar-refractivity contribution < 1.29 is 0 Å². The second-order valence-electron chi connectivity index (χ2n) is 2.25. The lowest BCUT2D eigenvalue weighted by atomic mass is 9.94. The van der Waals surface area contributed by atoms with Crippen LogP contribution in [0.15, 0.2) is 24.3 Å². The van der Waals surface area contributed by atoms with Crippen molar-refractivity contribution in [2.24, 2.45) is 0 Å². The van der Waals surface area contributed by atoms with Gasteiger partial charge < -0.3 is 0 Å². The van der Waals surface area contributed by atoms with Crippen LogP contribution in [0.1, 0.15) is 33.6 Å². The number of rotatable bonds is 4. The van der Waals surface area contributed by atoms with Gasteiger partial charge in [-0.3, -0.25) is 0 Å². The molecule has 10 heavy (non-hydrogen) atoms. The fourth-order valence-electron chi connectivity index (χ4n) is 1.12. The van der Waals surface area contributed by atoms with Gasteiger partial charge in [0.05, 0.1) is 0 Å². The van der Waals surface area contributed by atoms with Gasteiger partial charge in [0.25, 0.3) is 0 Å². The molecule has 0 spiro atoms. The Hall–Kier alpha value is -0.520. The van der Waals surface area contributed by atoms with E-state index in [2.05, 4.69) is 33.4 Å². The van der Waals surface area contributed by atoms with E-state index in [0.717, 1.165) is 12.8 Å². The molecule has 0 aliphatic carbocycles. The summed E-state index contributed by atoms with van der Waals surface area (Å²) < 4.78 is 0. The van der Waals surface area contributed by atoms with E-state index in [-0.39, 0.29) is 0 Å². The lowest BCUT2D eigenvalue weighted by Crippen LogP contribution is -1.94. The zero-order valence-corrected chi connectivity index (χ0v) is 7.28. The zero-order chi connectivity index (χ0) is 7.98. The molecule has 0 aliphatic heterocycles. The molecule has 0 amide bonds. The van der Waals surface area contributed by atoms with E-state index in [1.54, 1.807) is 0 Å². The fraction of sp³-hybridized carbons (Fsp3) is 0.500. The fourth-order valence-corrected chi connectivity index (χ4v) is 1.12. The van der Waals surface area contributed by atoms with Crippen molar-refractivity contribution in [3.63, 3.8) is 0 Å². The summed E-state index contributed by atoms with van der Waals surface area (Å²) in [5.41, 5.74) is 1.43. The summed E-state index contributed by atoms with van der Waals surface area (Å²) in [6, 6.07) is 0. The van der Waals surface area contributed by atoms with Crippen LogP contribution in [0.4, 0.5) is 0 Å². The van der Waals surface area contributed by atoms with Gasteiger partial charge >= 0.3 is 0 Å². The predicted molar refractivity (Wildman–Crippen MR) is 47.8 cm³/mol. The van der Waals surface area contributed by atoms with Gasteiger partial charge in [-0.15, -0.1) is 6.58 Å². The van der Waals surface area contributed by atoms with Crippen LogP contribution in [0.2, 0.25) is 0 Å².